The highest BCUT2D eigenvalue weighted by molar-refractivity contribution is 9.10. The van der Waals surface area contributed by atoms with E-state index in [0.29, 0.717) is 19.0 Å². The molecule has 2 heterocycles. The van der Waals surface area contributed by atoms with Crippen molar-refractivity contribution in [3.63, 3.8) is 0 Å². The van der Waals surface area contributed by atoms with Gasteiger partial charge in [0.25, 0.3) is 10.0 Å². The lowest BCUT2D eigenvalue weighted by Crippen LogP contribution is -2.49. The average molecular weight is 338 g/mol. The molecule has 0 radical (unpaired) electrons. The molecule has 2 rings (SSSR count). The van der Waals surface area contributed by atoms with Gasteiger partial charge in [-0.2, -0.15) is 4.31 Å². The lowest BCUT2D eigenvalue weighted by Gasteiger charge is -2.33. The highest BCUT2D eigenvalue weighted by Crippen LogP contribution is 2.26. The Balaban J connectivity index is 2.33. The summed E-state index contributed by atoms with van der Waals surface area (Å²) in [6.45, 7) is 2.85. The minimum absolute atomic E-state index is 0.0734. The zero-order valence-corrected chi connectivity index (χ0v) is 12.6. The second kappa shape index (κ2) is 4.87. The van der Waals surface area contributed by atoms with E-state index in [2.05, 4.69) is 26.2 Å². The number of piperidine rings is 1. The van der Waals surface area contributed by atoms with Crippen molar-refractivity contribution in [3.8, 4) is 0 Å². The topological polar surface area (TPSA) is 94.1 Å². The second-order valence-electron chi connectivity index (χ2n) is 4.60. The summed E-state index contributed by atoms with van der Waals surface area (Å²) in [5.74, 6) is 0.338. The Bertz CT molecular complexity index is 524. The van der Waals surface area contributed by atoms with Crippen molar-refractivity contribution in [2.45, 2.75) is 24.4 Å². The van der Waals surface area contributed by atoms with Crippen LogP contribution in [0.15, 0.2) is 9.63 Å². The number of nitrogens with zero attached hydrogens (tertiary/aromatic N) is 4. The number of aryl methyl sites for hydroxylation is 1. The van der Waals surface area contributed by atoms with Gasteiger partial charge in [-0.15, -0.1) is 5.10 Å². The molecule has 2 N–H and O–H groups in total. The lowest BCUT2D eigenvalue weighted by molar-refractivity contribution is 0.251. The number of hydrogen-bond acceptors (Lipinski definition) is 5. The maximum absolute atomic E-state index is 12.5. The van der Waals surface area contributed by atoms with Crippen LogP contribution in [0.5, 0.6) is 0 Å². The molecule has 18 heavy (non-hydrogen) atoms. The van der Waals surface area contributed by atoms with Crippen LogP contribution in [0.25, 0.3) is 0 Å². The van der Waals surface area contributed by atoms with Gasteiger partial charge < -0.3 is 5.73 Å². The van der Waals surface area contributed by atoms with Gasteiger partial charge in [0.05, 0.1) is 0 Å². The molecule has 2 atom stereocenters. The van der Waals surface area contributed by atoms with Gasteiger partial charge in [-0.3, -0.25) is 0 Å². The number of rotatable bonds is 2. The average Bonchev–Trinajstić information content (AvgIpc) is 2.62. The van der Waals surface area contributed by atoms with E-state index >= 15 is 0 Å². The molecule has 1 saturated heterocycles. The van der Waals surface area contributed by atoms with Gasteiger partial charge in [-0.1, -0.05) is 12.1 Å². The Kier molecular flexibility index (Phi) is 3.77. The predicted molar refractivity (Wildman–Crippen MR) is 69.2 cm³/mol. The Labute approximate surface area is 115 Å². The molecule has 1 aliphatic heterocycles. The van der Waals surface area contributed by atoms with Crippen LogP contribution < -0.4 is 5.73 Å². The number of nitrogens with two attached hydrogens (primary N) is 1. The van der Waals surface area contributed by atoms with Gasteiger partial charge in [-0.25, -0.2) is 13.1 Å². The van der Waals surface area contributed by atoms with Crippen molar-refractivity contribution < 1.29 is 8.42 Å². The summed E-state index contributed by atoms with van der Waals surface area (Å²) in [5.41, 5.74) is 5.94. The van der Waals surface area contributed by atoms with Crippen molar-refractivity contribution in [2.24, 2.45) is 18.7 Å². The highest BCUT2D eigenvalue weighted by atomic mass is 79.9. The first kappa shape index (κ1) is 13.9. The number of aromatic nitrogens is 3. The van der Waals surface area contributed by atoms with Crippen LogP contribution in [0, 0.1) is 5.92 Å². The molecule has 0 aromatic carbocycles. The van der Waals surface area contributed by atoms with E-state index in [1.54, 1.807) is 7.05 Å². The van der Waals surface area contributed by atoms with Crippen molar-refractivity contribution in [2.75, 3.05) is 13.1 Å². The van der Waals surface area contributed by atoms with E-state index in [-0.39, 0.29) is 15.7 Å². The molecular weight excluding hydrogens is 322 g/mol. The quantitative estimate of drug-likeness (QED) is 0.815. The van der Waals surface area contributed by atoms with E-state index < -0.39 is 10.0 Å². The summed E-state index contributed by atoms with van der Waals surface area (Å²) in [6.07, 6.45) is 0.767. The van der Waals surface area contributed by atoms with E-state index in [0.717, 1.165) is 6.42 Å². The van der Waals surface area contributed by atoms with Gasteiger partial charge in [-0.05, 0) is 28.3 Å². The normalized spacial score (nSPS) is 26.4. The molecule has 0 bridgehead atoms. The molecule has 0 saturated carbocycles. The Morgan fingerprint density at radius 1 is 1.50 bits per heavy atom. The van der Waals surface area contributed by atoms with Crippen molar-refractivity contribution in [3.05, 3.63) is 4.60 Å². The highest BCUT2D eigenvalue weighted by Gasteiger charge is 2.35. The Morgan fingerprint density at radius 3 is 2.67 bits per heavy atom. The molecule has 7 nitrogen and oxygen atoms in total. The van der Waals surface area contributed by atoms with Gasteiger partial charge in [0.15, 0.2) is 4.60 Å². The molecule has 1 aromatic rings. The second-order valence-corrected chi connectivity index (χ2v) is 7.21. The fourth-order valence-corrected chi connectivity index (χ4v) is 4.53. The summed E-state index contributed by atoms with van der Waals surface area (Å²) in [4.78, 5) is 0. The first-order valence-electron chi connectivity index (χ1n) is 5.65. The largest absolute Gasteiger partial charge is 0.326 e. The summed E-state index contributed by atoms with van der Waals surface area (Å²) in [5, 5.41) is 7.47. The summed E-state index contributed by atoms with van der Waals surface area (Å²) < 4.78 is 27.9. The third-order valence-electron chi connectivity index (χ3n) is 3.30. The fourth-order valence-electron chi connectivity index (χ4n) is 2.01. The molecule has 2 unspecified atom stereocenters. The third-order valence-corrected chi connectivity index (χ3v) is 6.05. The molecule has 1 aliphatic rings. The molecule has 0 aliphatic carbocycles. The smallest absolute Gasteiger partial charge is 0.263 e. The van der Waals surface area contributed by atoms with Crippen LogP contribution in [-0.4, -0.2) is 46.8 Å². The van der Waals surface area contributed by atoms with Crippen molar-refractivity contribution in [1.82, 2.24) is 19.3 Å². The third kappa shape index (κ3) is 2.31. The van der Waals surface area contributed by atoms with Crippen molar-refractivity contribution >= 4 is 26.0 Å². The molecule has 9 heteroatoms. The molecule has 102 valence electrons. The standard InChI is InChI=1S/C9H16BrN5O2S/c1-6-3-4-15(5-7(6)11)18(16,17)9-8(10)12-13-14(9)2/h6-7H,3-5,11H2,1-2H3. The number of hydrogen-bond donors (Lipinski definition) is 1. The molecule has 0 amide bonds. The molecule has 1 aromatic heterocycles. The summed E-state index contributed by atoms with van der Waals surface area (Å²) >= 11 is 3.11. The first-order valence-corrected chi connectivity index (χ1v) is 7.88. The Hall–Kier alpha value is -0.510. The fraction of sp³-hybridized carbons (Fsp3) is 0.778. The number of sulfonamides is 1. The molecule has 1 fully saturated rings. The maximum Gasteiger partial charge on any atom is 0.263 e. The van der Waals surface area contributed by atoms with Gasteiger partial charge in [0, 0.05) is 26.2 Å². The Morgan fingerprint density at radius 2 is 2.17 bits per heavy atom. The monoisotopic (exact) mass is 337 g/mol. The van der Waals surface area contributed by atoms with E-state index in [9.17, 15) is 8.42 Å². The van der Waals surface area contributed by atoms with Crippen LogP contribution >= 0.6 is 15.9 Å². The molecule has 0 spiro atoms. The van der Waals surface area contributed by atoms with Crippen LogP contribution in [0.3, 0.4) is 0 Å². The zero-order chi connectivity index (χ0) is 13.5. The zero-order valence-electron chi connectivity index (χ0n) is 10.2. The van der Waals surface area contributed by atoms with Crippen LogP contribution in [-0.2, 0) is 17.1 Å². The SMILES string of the molecule is CC1CCN(S(=O)(=O)c2c(Br)nnn2C)CC1N. The number of halogens is 1. The lowest BCUT2D eigenvalue weighted by atomic mass is 9.96. The summed E-state index contributed by atoms with van der Waals surface area (Å²) in [7, 11) is -2.04. The van der Waals surface area contributed by atoms with Crippen LogP contribution in [0.1, 0.15) is 13.3 Å². The van der Waals surface area contributed by atoms with E-state index in [4.69, 9.17) is 5.73 Å². The van der Waals surface area contributed by atoms with E-state index in [1.165, 1.54) is 8.99 Å². The predicted octanol–water partition coefficient (Wildman–Crippen LogP) is -0.0646. The minimum Gasteiger partial charge on any atom is -0.326 e. The van der Waals surface area contributed by atoms with Crippen LogP contribution in [0.4, 0.5) is 0 Å². The first-order chi connectivity index (χ1) is 8.34. The van der Waals surface area contributed by atoms with Gasteiger partial charge in [0.2, 0.25) is 5.03 Å². The minimum atomic E-state index is -3.59. The van der Waals surface area contributed by atoms with Crippen molar-refractivity contribution in [1.29, 1.82) is 0 Å². The maximum atomic E-state index is 12.5. The van der Waals surface area contributed by atoms with Gasteiger partial charge >= 0.3 is 0 Å². The van der Waals surface area contributed by atoms with Crippen LogP contribution in [0.2, 0.25) is 0 Å². The van der Waals surface area contributed by atoms with Gasteiger partial charge in [0.1, 0.15) is 0 Å². The molecular formula is C9H16BrN5O2S. The summed E-state index contributed by atoms with van der Waals surface area (Å²) in [6, 6.07) is -0.131. The van der Waals surface area contributed by atoms with E-state index in [1.807, 2.05) is 6.92 Å².